The molecule has 1 aromatic heterocycles. The Kier molecular flexibility index (Phi) is 7.44. The standard InChI is InChI=1S/C18H21F2N4O8P/c1-10(15(26)27)24(32-11-5-3-2-4-6-11)33(29)30-9-12-14(25)18(19,20)16(31-12)23-8-7-13(21)22-17(23)28/h2-8,10,12,14,16,25,33H,9H2,1H3,(H,26,27)(H2,21,22,28)/t10?,12-,14+,16-/m1/s1. The zero-order chi connectivity index (χ0) is 24.3. The number of nitrogen functional groups attached to an aromatic ring is 1. The van der Waals surface area contributed by atoms with Crippen molar-refractivity contribution in [3.63, 3.8) is 0 Å². The number of hydrogen-bond donors (Lipinski definition) is 3. The third kappa shape index (κ3) is 5.37. The van der Waals surface area contributed by atoms with Gasteiger partial charge in [-0.2, -0.15) is 13.8 Å². The quantitative estimate of drug-likeness (QED) is 0.337. The van der Waals surface area contributed by atoms with Crippen molar-refractivity contribution >= 4 is 20.0 Å². The van der Waals surface area contributed by atoms with E-state index in [4.69, 9.17) is 19.8 Å². The highest BCUT2D eigenvalue weighted by Crippen LogP contribution is 2.43. The van der Waals surface area contributed by atoms with Crippen LogP contribution in [0.2, 0.25) is 0 Å². The monoisotopic (exact) mass is 490 g/mol. The van der Waals surface area contributed by atoms with Crippen LogP contribution >= 0.6 is 8.18 Å². The number of aromatic nitrogens is 2. The number of hydrogen-bond acceptors (Lipinski definition) is 9. The van der Waals surface area contributed by atoms with Gasteiger partial charge in [0.15, 0.2) is 6.10 Å². The van der Waals surface area contributed by atoms with Crippen LogP contribution in [0, 0.1) is 0 Å². The molecule has 1 saturated heterocycles. The van der Waals surface area contributed by atoms with Gasteiger partial charge in [-0.25, -0.2) is 4.79 Å². The molecule has 33 heavy (non-hydrogen) atoms. The van der Waals surface area contributed by atoms with E-state index in [1.165, 1.54) is 19.1 Å². The molecule has 0 amide bonds. The van der Waals surface area contributed by atoms with E-state index in [1.54, 1.807) is 18.2 Å². The predicted molar refractivity (Wildman–Crippen MR) is 109 cm³/mol. The Morgan fingerprint density at radius 1 is 1.39 bits per heavy atom. The third-order valence-corrected chi connectivity index (χ3v) is 5.94. The molecule has 0 aliphatic carbocycles. The van der Waals surface area contributed by atoms with Gasteiger partial charge in [-0.1, -0.05) is 23.0 Å². The molecule has 3 rings (SSSR count). The van der Waals surface area contributed by atoms with Gasteiger partial charge in [0.2, 0.25) is 6.23 Å². The largest absolute Gasteiger partial charge is 0.480 e. The van der Waals surface area contributed by atoms with Gasteiger partial charge in [0.05, 0.1) is 6.61 Å². The van der Waals surface area contributed by atoms with Crippen LogP contribution in [-0.2, 0) is 18.6 Å². The number of halogens is 2. The van der Waals surface area contributed by atoms with Crippen molar-refractivity contribution in [1.29, 1.82) is 0 Å². The number of aliphatic hydroxyl groups excluding tert-OH is 1. The van der Waals surface area contributed by atoms with Crippen LogP contribution < -0.4 is 16.3 Å². The van der Waals surface area contributed by atoms with Crippen molar-refractivity contribution in [3.05, 3.63) is 53.1 Å². The lowest BCUT2D eigenvalue weighted by Crippen LogP contribution is -2.42. The number of rotatable bonds is 9. The lowest BCUT2D eigenvalue weighted by atomic mass is 10.1. The number of anilines is 1. The van der Waals surface area contributed by atoms with E-state index in [0.717, 1.165) is 12.3 Å². The zero-order valence-corrected chi connectivity index (χ0v) is 18.1. The maximum absolute atomic E-state index is 14.6. The normalized spacial score (nSPS) is 23.8. The molecule has 0 radical (unpaired) electrons. The molecule has 0 bridgehead atoms. The van der Waals surface area contributed by atoms with Crippen LogP contribution in [0.1, 0.15) is 13.2 Å². The van der Waals surface area contributed by atoms with E-state index in [1.807, 2.05) is 0 Å². The molecule has 1 aliphatic heterocycles. The molecule has 2 aromatic rings. The molecule has 0 saturated carbocycles. The average molecular weight is 490 g/mol. The van der Waals surface area contributed by atoms with Crippen LogP contribution in [-0.4, -0.2) is 61.3 Å². The van der Waals surface area contributed by atoms with Gasteiger partial charge in [-0.15, -0.1) is 0 Å². The van der Waals surface area contributed by atoms with E-state index in [9.17, 15) is 33.1 Å². The van der Waals surface area contributed by atoms with Gasteiger partial charge in [0, 0.05) is 6.20 Å². The second-order valence-corrected chi connectivity index (χ2v) is 8.27. The van der Waals surface area contributed by atoms with Crippen molar-refractivity contribution in [3.8, 4) is 5.75 Å². The van der Waals surface area contributed by atoms with Crippen molar-refractivity contribution < 1.29 is 42.5 Å². The van der Waals surface area contributed by atoms with Crippen LogP contribution in [0.4, 0.5) is 14.6 Å². The summed E-state index contributed by atoms with van der Waals surface area (Å²) in [6.45, 7) is 0.367. The minimum absolute atomic E-state index is 0.159. The second kappa shape index (κ2) is 9.93. The van der Waals surface area contributed by atoms with E-state index < -0.39 is 56.8 Å². The van der Waals surface area contributed by atoms with Crippen molar-refractivity contribution in [2.24, 2.45) is 0 Å². The Morgan fingerprint density at radius 2 is 2.06 bits per heavy atom. The van der Waals surface area contributed by atoms with Crippen LogP contribution in [0.25, 0.3) is 0 Å². The summed E-state index contributed by atoms with van der Waals surface area (Å²) < 4.78 is 52.5. The van der Waals surface area contributed by atoms with Crippen LogP contribution in [0.3, 0.4) is 0 Å². The fourth-order valence-electron chi connectivity index (χ4n) is 2.90. The summed E-state index contributed by atoms with van der Waals surface area (Å²) in [7, 11) is -3.46. The fraction of sp³-hybridized carbons (Fsp3) is 0.389. The number of carbonyl (C=O) groups is 1. The number of nitrogens with two attached hydrogens (primary N) is 1. The number of hydroxylamine groups is 1. The number of aliphatic carboxylic acids is 1. The Hall–Kier alpha value is -2.90. The summed E-state index contributed by atoms with van der Waals surface area (Å²) in [5, 5.41) is 19.3. The number of alkyl halides is 2. The SMILES string of the molecule is CC(C(=O)O)N(Oc1ccccc1)[PH](=O)OC[C@H]1O[C@@H](n2ccc(N)nc2=O)C(F)(F)[C@H]1O. The highest BCUT2D eigenvalue weighted by Gasteiger charge is 2.59. The predicted octanol–water partition coefficient (Wildman–Crippen LogP) is 0.895. The summed E-state index contributed by atoms with van der Waals surface area (Å²) in [6.07, 6.45) is -5.42. The number of ether oxygens (including phenoxy) is 1. The summed E-state index contributed by atoms with van der Waals surface area (Å²) in [6, 6.07) is 7.48. The van der Waals surface area contributed by atoms with E-state index in [-0.39, 0.29) is 11.6 Å². The lowest BCUT2D eigenvalue weighted by Gasteiger charge is -2.25. The van der Waals surface area contributed by atoms with Gasteiger partial charge < -0.3 is 30.0 Å². The van der Waals surface area contributed by atoms with Gasteiger partial charge in [-0.05, 0) is 25.1 Å². The first-order chi connectivity index (χ1) is 15.5. The van der Waals surface area contributed by atoms with E-state index in [2.05, 4.69) is 4.98 Å². The van der Waals surface area contributed by atoms with E-state index >= 15 is 0 Å². The topological polar surface area (TPSA) is 166 Å². The number of para-hydroxylation sites is 1. The molecule has 12 nitrogen and oxygen atoms in total. The first-order valence-corrected chi connectivity index (χ1v) is 10.8. The highest BCUT2D eigenvalue weighted by atomic mass is 31.1. The summed E-state index contributed by atoms with van der Waals surface area (Å²) in [5.41, 5.74) is 4.22. The molecule has 2 heterocycles. The van der Waals surface area contributed by atoms with Gasteiger partial charge >= 0.3 is 17.6 Å². The maximum atomic E-state index is 14.6. The molecular weight excluding hydrogens is 469 g/mol. The number of carboxylic acids is 1. The molecule has 5 atom stereocenters. The Labute approximate surface area is 186 Å². The van der Waals surface area contributed by atoms with Crippen LogP contribution in [0.5, 0.6) is 5.75 Å². The summed E-state index contributed by atoms with van der Waals surface area (Å²) >= 11 is 0. The minimum Gasteiger partial charge on any atom is -0.480 e. The molecule has 0 spiro atoms. The summed E-state index contributed by atoms with van der Waals surface area (Å²) in [5.74, 6) is -5.35. The fourth-order valence-corrected chi connectivity index (χ4v) is 3.94. The van der Waals surface area contributed by atoms with Crippen molar-refractivity contribution in [2.75, 3.05) is 12.3 Å². The maximum Gasteiger partial charge on any atom is 0.351 e. The lowest BCUT2D eigenvalue weighted by molar-refractivity contribution is -0.148. The Morgan fingerprint density at radius 3 is 2.67 bits per heavy atom. The number of benzene rings is 1. The molecule has 15 heteroatoms. The Bertz CT molecular complexity index is 1070. The molecule has 1 aliphatic rings. The molecule has 1 fully saturated rings. The average Bonchev–Trinajstić information content (AvgIpc) is 2.99. The molecular formula is C18H21F2N4O8P. The number of carboxylic acid groups (broad SMARTS) is 1. The first kappa shape index (κ1) is 24.7. The summed E-state index contributed by atoms with van der Waals surface area (Å²) in [4.78, 5) is 32.6. The minimum atomic E-state index is -3.93. The van der Waals surface area contributed by atoms with Crippen LogP contribution in [0.15, 0.2) is 47.4 Å². The van der Waals surface area contributed by atoms with Crippen molar-refractivity contribution in [2.45, 2.75) is 37.3 Å². The smallest absolute Gasteiger partial charge is 0.351 e. The van der Waals surface area contributed by atoms with Gasteiger partial charge in [0.25, 0.3) is 8.18 Å². The van der Waals surface area contributed by atoms with Crippen molar-refractivity contribution in [1.82, 2.24) is 14.4 Å². The molecule has 1 aromatic carbocycles. The third-order valence-electron chi connectivity index (χ3n) is 4.69. The first-order valence-electron chi connectivity index (χ1n) is 9.50. The second-order valence-electron chi connectivity index (χ2n) is 7.01. The van der Waals surface area contributed by atoms with Gasteiger partial charge in [0.1, 0.15) is 23.7 Å². The number of aliphatic hydroxyl groups is 1. The molecule has 4 N–H and O–H groups in total. The molecule has 180 valence electrons. The Balaban J connectivity index is 1.73. The molecule has 2 unspecified atom stereocenters. The van der Waals surface area contributed by atoms with Gasteiger partial charge in [-0.3, -0.25) is 13.9 Å². The number of nitrogens with zero attached hydrogens (tertiary/aromatic N) is 3. The zero-order valence-electron chi connectivity index (χ0n) is 17.1. The highest BCUT2D eigenvalue weighted by molar-refractivity contribution is 7.36. The van der Waals surface area contributed by atoms with E-state index in [0.29, 0.717) is 9.40 Å².